The lowest BCUT2D eigenvalue weighted by Crippen LogP contribution is -2.30. The van der Waals surface area contributed by atoms with Gasteiger partial charge >= 0.3 is 0 Å². The zero-order chi connectivity index (χ0) is 23.1. The van der Waals surface area contributed by atoms with Crippen LogP contribution in [0.4, 0.5) is 0 Å². The lowest BCUT2D eigenvalue weighted by atomic mass is 10.0. The van der Waals surface area contributed by atoms with Crippen molar-refractivity contribution in [1.82, 2.24) is 10.3 Å². The van der Waals surface area contributed by atoms with Crippen molar-refractivity contribution in [2.45, 2.75) is 13.8 Å². The fourth-order valence-electron chi connectivity index (χ4n) is 3.27. The number of hydrogen-bond donors (Lipinski definition) is 3. The van der Waals surface area contributed by atoms with Crippen LogP contribution in [-0.4, -0.2) is 45.7 Å². The molecule has 3 N–H and O–H groups in total. The second-order valence-corrected chi connectivity index (χ2v) is 6.99. The van der Waals surface area contributed by atoms with E-state index in [9.17, 15) is 19.8 Å². The highest BCUT2D eigenvalue weighted by molar-refractivity contribution is 6.16. The minimum absolute atomic E-state index is 0.0458. The van der Waals surface area contributed by atoms with Crippen LogP contribution >= 0.6 is 0 Å². The van der Waals surface area contributed by atoms with Crippen LogP contribution in [0.15, 0.2) is 77.9 Å². The summed E-state index contributed by atoms with van der Waals surface area (Å²) in [5, 5.41) is 24.8. The Hall–Kier alpha value is -4.13. The van der Waals surface area contributed by atoms with Crippen molar-refractivity contribution in [2.75, 3.05) is 13.1 Å². The minimum atomic E-state index is -0.525. The second kappa shape index (κ2) is 10.3. The molecule has 2 amide bonds. The van der Waals surface area contributed by atoms with Crippen molar-refractivity contribution in [3.05, 3.63) is 95.1 Å². The van der Waals surface area contributed by atoms with Crippen LogP contribution in [0, 0.1) is 0 Å². The summed E-state index contributed by atoms with van der Waals surface area (Å²) in [5.41, 5.74) is 4.04. The summed E-state index contributed by atoms with van der Waals surface area (Å²) in [6.45, 7) is 4.93. The maximum absolute atomic E-state index is 12.8. The molecule has 0 atom stereocenters. The first-order valence-corrected chi connectivity index (χ1v) is 10.3. The molecule has 0 fully saturated rings. The molecule has 0 heterocycles. The molecular formula is C25H25N3O4. The van der Waals surface area contributed by atoms with E-state index < -0.39 is 5.91 Å². The Bertz CT molecular complexity index is 1110. The van der Waals surface area contributed by atoms with Gasteiger partial charge in [-0.15, -0.1) is 0 Å². The minimum Gasteiger partial charge on any atom is -0.507 e. The highest BCUT2D eigenvalue weighted by Gasteiger charge is 2.17. The Labute approximate surface area is 186 Å². The van der Waals surface area contributed by atoms with E-state index in [1.807, 2.05) is 13.8 Å². The number of aromatic hydroxyl groups is 2. The van der Waals surface area contributed by atoms with Crippen molar-refractivity contribution in [2.24, 2.45) is 5.10 Å². The molecule has 0 aliphatic heterocycles. The van der Waals surface area contributed by atoms with Gasteiger partial charge in [-0.05, 0) is 56.3 Å². The molecule has 0 aliphatic carbocycles. The zero-order valence-electron chi connectivity index (χ0n) is 17.9. The van der Waals surface area contributed by atoms with E-state index in [1.54, 1.807) is 59.5 Å². The van der Waals surface area contributed by atoms with Crippen LogP contribution in [0.1, 0.15) is 45.7 Å². The van der Waals surface area contributed by atoms with Gasteiger partial charge in [-0.2, -0.15) is 5.10 Å². The number of carbonyl (C=O) groups excluding carboxylic acids is 2. The maximum Gasteiger partial charge on any atom is 0.271 e. The maximum atomic E-state index is 12.8. The number of phenols is 2. The first kappa shape index (κ1) is 22.6. The van der Waals surface area contributed by atoms with Crippen LogP contribution in [-0.2, 0) is 0 Å². The number of hydrazone groups is 1. The van der Waals surface area contributed by atoms with E-state index in [0.717, 1.165) is 0 Å². The molecule has 32 heavy (non-hydrogen) atoms. The summed E-state index contributed by atoms with van der Waals surface area (Å²) in [7, 11) is 0. The molecule has 0 spiro atoms. The highest BCUT2D eigenvalue weighted by atomic mass is 16.3. The van der Waals surface area contributed by atoms with Crippen molar-refractivity contribution < 1.29 is 19.8 Å². The molecular weight excluding hydrogens is 406 g/mol. The van der Waals surface area contributed by atoms with Crippen molar-refractivity contribution in [3.8, 4) is 11.5 Å². The second-order valence-electron chi connectivity index (χ2n) is 6.99. The molecule has 0 radical (unpaired) electrons. The smallest absolute Gasteiger partial charge is 0.271 e. The average molecular weight is 431 g/mol. The SMILES string of the molecule is CCN(CC)C(=O)c1cccc(C(=O)NN=C(c2ccccc2O)c2ccccc2O)c1. The summed E-state index contributed by atoms with van der Waals surface area (Å²) in [6.07, 6.45) is 0. The molecule has 164 valence electrons. The number of benzene rings is 3. The Balaban J connectivity index is 1.94. The van der Waals surface area contributed by atoms with E-state index >= 15 is 0 Å². The molecule has 7 heteroatoms. The summed E-state index contributed by atoms with van der Waals surface area (Å²) < 4.78 is 0. The number of amides is 2. The van der Waals surface area contributed by atoms with Crippen LogP contribution in [0.5, 0.6) is 11.5 Å². The van der Waals surface area contributed by atoms with Crippen LogP contribution in [0.2, 0.25) is 0 Å². The number of carbonyl (C=O) groups is 2. The molecule has 0 saturated heterocycles. The third-order valence-electron chi connectivity index (χ3n) is 5.01. The van der Waals surface area contributed by atoms with Crippen molar-refractivity contribution in [1.29, 1.82) is 0 Å². The summed E-state index contributed by atoms with van der Waals surface area (Å²) in [6, 6.07) is 19.4. The van der Waals surface area contributed by atoms with Crippen LogP contribution in [0.3, 0.4) is 0 Å². The quantitative estimate of drug-likeness (QED) is 0.391. The predicted molar refractivity (Wildman–Crippen MR) is 123 cm³/mol. The first-order valence-electron chi connectivity index (χ1n) is 10.3. The topological polar surface area (TPSA) is 102 Å². The van der Waals surface area contributed by atoms with Crippen LogP contribution in [0.25, 0.3) is 0 Å². The van der Waals surface area contributed by atoms with Gasteiger partial charge in [0.05, 0.1) is 0 Å². The molecule has 0 aromatic heterocycles. The Kier molecular flexibility index (Phi) is 7.23. The van der Waals surface area contributed by atoms with Gasteiger partial charge in [0.25, 0.3) is 11.8 Å². The zero-order valence-corrected chi connectivity index (χ0v) is 17.9. The Morgan fingerprint density at radius 3 is 1.88 bits per heavy atom. The number of nitrogens with one attached hydrogen (secondary N) is 1. The molecule has 0 unspecified atom stereocenters. The third-order valence-corrected chi connectivity index (χ3v) is 5.01. The van der Waals surface area contributed by atoms with E-state index in [1.165, 1.54) is 18.2 Å². The molecule has 3 rings (SSSR count). The Morgan fingerprint density at radius 1 is 0.812 bits per heavy atom. The van der Waals surface area contributed by atoms with Gasteiger partial charge in [-0.25, -0.2) is 5.43 Å². The standard InChI is InChI=1S/C25H25N3O4/c1-3-28(4-2)25(32)18-11-9-10-17(16-18)24(31)27-26-23(19-12-5-7-14-21(19)29)20-13-6-8-15-22(20)30/h5-16,29-30H,3-4H2,1-2H3,(H,27,31). The third kappa shape index (κ3) is 4.95. The summed E-state index contributed by atoms with van der Waals surface area (Å²) in [4.78, 5) is 27.1. The molecule has 3 aromatic rings. The van der Waals surface area contributed by atoms with E-state index in [2.05, 4.69) is 10.5 Å². The largest absolute Gasteiger partial charge is 0.507 e. The lowest BCUT2D eigenvalue weighted by molar-refractivity contribution is 0.0773. The Morgan fingerprint density at radius 2 is 1.34 bits per heavy atom. The fraction of sp³-hybridized carbons (Fsp3) is 0.160. The molecule has 0 aliphatic rings. The molecule has 7 nitrogen and oxygen atoms in total. The van der Waals surface area contributed by atoms with Crippen molar-refractivity contribution in [3.63, 3.8) is 0 Å². The van der Waals surface area contributed by atoms with E-state index in [-0.39, 0.29) is 28.7 Å². The van der Waals surface area contributed by atoms with Gasteiger partial charge in [0.15, 0.2) is 0 Å². The fourth-order valence-corrected chi connectivity index (χ4v) is 3.27. The van der Waals surface area contributed by atoms with Gasteiger partial charge in [0, 0.05) is 35.3 Å². The number of rotatable bonds is 7. The van der Waals surface area contributed by atoms with Gasteiger partial charge in [0.1, 0.15) is 17.2 Å². The molecule has 0 bridgehead atoms. The average Bonchev–Trinajstić information content (AvgIpc) is 2.82. The van der Waals surface area contributed by atoms with E-state index in [4.69, 9.17) is 0 Å². The normalized spacial score (nSPS) is 10.3. The first-order chi connectivity index (χ1) is 15.5. The van der Waals surface area contributed by atoms with Crippen molar-refractivity contribution >= 4 is 17.5 Å². The van der Waals surface area contributed by atoms with Crippen LogP contribution < -0.4 is 5.43 Å². The lowest BCUT2D eigenvalue weighted by Gasteiger charge is -2.18. The monoisotopic (exact) mass is 431 g/mol. The molecule has 3 aromatic carbocycles. The van der Waals surface area contributed by atoms with Gasteiger partial charge in [-0.1, -0.05) is 30.3 Å². The highest BCUT2D eigenvalue weighted by Crippen LogP contribution is 2.25. The van der Waals surface area contributed by atoms with Gasteiger partial charge in [0.2, 0.25) is 0 Å². The summed E-state index contributed by atoms with van der Waals surface area (Å²) in [5.74, 6) is -0.772. The van der Waals surface area contributed by atoms with Gasteiger partial charge in [-0.3, -0.25) is 9.59 Å². The predicted octanol–water partition coefficient (Wildman–Crippen LogP) is 3.76. The molecule has 0 saturated carbocycles. The van der Waals surface area contributed by atoms with Gasteiger partial charge < -0.3 is 15.1 Å². The summed E-state index contributed by atoms with van der Waals surface area (Å²) >= 11 is 0. The van der Waals surface area contributed by atoms with E-state index in [0.29, 0.717) is 29.8 Å². The number of para-hydroxylation sites is 2. The number of nitrogens with zero attached hydrogens (tertiary/aromatic N) is 2. The number of phenolic OH excluding ortho intramolecular Hbond substituents is 2. The number of hydrogen-bond acceptors (Lipinski definition) is 5.